The fraction of sp³-hybridized carbons (Fsp3) is 0.105. The average Bonchev–Trinajstić information content (AvgIpc) is 2.57. The standard InChI is InChI=1S/C19H15ClFNO/c1-13-7-8-16(21)15(11-13)19-17(9-10-18(20)22-19)23-12-14-5-3-2-4-6-14/h2-11H,12H2,1H3. The quantitative estimate of drug-likeness (QED) is 0.596. The van der Waals surface area contributed by atoms with Gasteiger partial charge in [0.2, 0.25) is 0 Å². The van der Waals surface area contributed by atoms with Crippen molar-refractivity contribution in [1.29, 1.82) is 0 Å². The molecule has 0 aliphatic carbocycles. The van der Waals surface area contributed by atoms with Crippen molar-refractivity contribution in [2.75, 3.05) is 0 Å². The number of hydrogen-bond donors (Lipinski definition) is 0. The zero-order valence-electron chi connectivity index (χ0n) is 12.6. The van der Waals surface area contributed by atoms with Crippen LogP contribution in [0.25, 0.3) is 11.3 Å². The Labute approximate surface area is 139 Å². The first-order valence-corrected chi connectivity index (χ1v) is 7.61. The second kappa shape index (κ2) is 6.80. The molecule has 116 valence electrons. The number of aromatic nitrogens is 1. The van der Waals surface area contributed by atoms with E-state index >= 15 is 0 Å². The van der Waals surface area contributed by atoms with Gasteiger partial charge in [-0.05, 0) is 36.8 Å². The maximum atomic E-state index is 14.2. The third-order valence-corrected chi connectivity index (χ3v) is 3.65. The molecule has 1 aromatic heterocycles. The molecule has 1 heterocycles. The maximum absolute atomic E-state index is 14.2. The Morgan fingerprint density at radius 1 is 1.04 bits per heavy atom. The summed E-state index contributed by atoms with van der Waals surface area (Å²) in [4.78, 5) is 4.26. The first-order valence-electron chi connectivity index (χ1n) is 7.23. The molecule has 0 N–H and O–H groups in total. The molecule has 0 aliphatic rings. The Kier molecular flexibility index (Phi) is 4.58. The second-order valence-electron chi connectivity index (χ2n) is 5.24. The van der Waals surface area contributed by atoms with Crippen LogP contribution in [0.1, 0.15) is 11.1 Å². The fourth-order valence-corrected chi connectivity index (χ4v) is 2.44. The van der Waals surface area contributed by atoms with Gasteiger partial charge in [0.15, 0.2) is 0 Å². The highest BCUT2D eigenvalue weighted by Gasteiger charge is 2.14. The lowest BCUT2D eigenvalue weighted by atomic mass is 10.1. The minimum absolute atomic E-state index is 0.299. The Bertz CT molecular complexity index is 821. The molecule has 0 saturated carbocycles. The summed E-state index contributed by atoms with van der Waals surface area (Å²) in [6, 6.07) is 18.0. The summed E-state index contributed by atoms with van der Waals surface area (Å²) in [7, 11) is 0. The number of pyridine rings is 1. The summed E-state index contributed by atoms with van der Waals surface area (Å²) < 4.78 is 20.0. The number of rotatable bonds is 4. The van der Waals surface area contributed by atoms with Gasteiger partial charge in [0.25, 0.3) is 0 Å². The minimum atomic E-state index is -0.352. The summed E-state index contributed by atoms with van der Waals surface area (Å²) in [5.41, 5.74) is 2.76. The van der Waals surface area contributed by atoms with Gasteiger partial charge in [0.05, 0.1) is 0 Å². The van der Waals surface area contributed by atoms with Gasteiger partial charge in [0, 0.05) is 5.56 Å². The molecule has 0 saturated heterocycles. The maximum Gasteiger partial charge on any atom is 0.146 e. The van der Waals surface area contributed by atoms with Crippen molar-refractivity contribution in [2.24, 2.45) is 0 Å². The number of nitrogens with zero attached hydrogens (tertiary/aromatic N) is 1. The number of benzene rings is 2. The first kappa shape index (κ1) is 15.5. The molecule has 3 rings (SSSR count). The van der Waals surface area contributed by atoms with Crippen LogP contribution < -0.4 is 4.74 Å². The lowest BCUT2D eigenvalue weighted by Gasteiger charge is -2.12. The van der Waals surface area contributed by atoms with Crippen LogP contribution in [0.5, 0.6) is 5.75 Å². The molecule has 0 unspecified atom stereocenters. The highest BCUT2D eigenvalue weighted by Crippen LogP contribution is 2.32. The van der Waals surface area contributed by atoms with Gasteiger partial charge < -0.3 is 4.74 Å². The largest absolute Gasteiger partial charge is 0.487 e. The van der Waals surface area contributed by atoms with Gasteiger partial charge in [-0.2, -0.15) is 0 Å². The summed E-state index contributed by atoms with van der Waals surface area (Å²) >= 11 is 5.99. The van der Waals surface area contributed by atoms with E-state index in [0.717, 1.165) is 11.1 Å². The lowest BCUT2D eigenvalue weighted by molar-refractivity contribution is 0.306. The van der Waals surface area contributed by atoms with Crippen molar-refractivity contribution >= 4 is 11.6 Å². The van der Waals surface area contributed by atoms with Crippen molar-refractivity contribution < 1.29 is 9.13 Å². The summed E-state index contributed by atoms with van der Waals surface area (Å²) in [6.07, 6.45) is 0. The number of ether oxygens (including phenoxy) is 1. The second-order valence-corrected chi connectivity index (χ2v) is 5.63. The smallest absolute Gasteiger partial charge is 0.146 e. The topological polar surface area (TPSA) is 22.1 Å². The number of halogens is 2. The molecule has 0 bridgehead atoms. The molecule has 2 nitrogen and oxygen atoms in total. The monoisotopic (exact) mass is 327 g/mol. The molecule has 3 aromatic rings. The van der Waals surface area contributed by atoms with E-state index in [0.29, 0.717) is 28.8 Å². The highest BCUT2D eigenvalue weighted by molar-refractivity contribution is 6.29. The van der Waals surface area contributed by atoms with Gasteiger partial charge in [-0.3, -0.25) is 0 Å². The minimum Gasteiger partial charge on any atom is -0.487 e. The molecular weight excluding hydrogens is 313 g/mol. The molecule has 4 heteroatoms. The molecule has 0 radical (unpaired) electrons. The van der Waals surface area contributed by atoms with E-state index in [-0.39, 0.29) is 5.82 Å². The van der Waals surface area contributed by atoms with E-state index in [1.54, 1.807) is 24.3 Å². The Hall–Kier alpha value is -2.39. The van der Waals surface area contributed by atoms with Crippen LogP contribution in [0.4, 0.5) is 4.39 Å². The van der Waals surface area contributed by atoms with E-state index in [1.807, 2.05) is 37.3 Å². The van der Waals surface area contributed by atoms with Crippen LogP contribution in [-0.2, 0) is 6.61 Å². The summed E-state index contributed by atoms with van der Waals surface area (Å²) in [5, 5.41) is 0.299. The average molecular weight is 328 g/mol. The van der Waals surface area contributed by atoms with Gasteiger partial charge in [-0.25, -0.2) is 9.37 Å². The predicted molar refractivity (Wildman–Crippen MR) is 90.2 cm³/mol. The molecular formula is C19H15ClFNO. The Morgan fingerprint density at radius 2 is 1.83 bits per heavy atom. The van der Waals surface area contributed by atoms with Crippen LogP contribution in [0.2, 0.25) is 5.15 Å². The SMILES string of the molecule is Cc1ccc(F)c(-c2nc(Cl)ccc2OCc2ccccc2)c1. The molecule has 0 amide bonds. The van der Waals surface area contributed by atoms with Crippen molar-refractivity contribution in [1.82, 2.24) is 4.98 Å². The molecule has 2 aromatic carbocycles. The van der Waals surface area contributed by atoms with Crippen LogP contribution >= 0.6 is 11.6 Å². The van der Waals surface area contributed by atoms with Crippen molar-refractivity contribution in [3.05, 3.63) is 82.8 Å². The van der Waals surface area contributed by atoms with Crippen molar-refractivity contribution in [3.63, 3.8) is 0 Å². The van der Waals surface area contributed by atoms with Gasteiger partial charge in [-0.1, -0.05) is 53.6 Å². The molecule has 0 atom stereocenters. The molecule has 0 fully saturated rings. The van der Waals surface area contributed by atoms with Crippen LogP contribution in [0.3, 0.4) is 0 Å². The van der Waals surface area contributed by atoms with Gasteiger partial charge in [-0.15, -0.1) is 0 Å². The third-order valence-electron chi connectivity index (χ3n) is 3.44. The van der Waals surface area contributed by atoms with Crippen molar-refractivity contribution in [2.45, 2.75) is 13.5 Å². The highest BCUT2D eigenvalue weighted by atomic mass is 35.5. The summed E-state index contributed by atoms with van der Waals surface area (Å²) in [6.45, 7) is 2.28. The summed E-state index contributed by atoms with van der Waals surface area (Å²) in [5.74, 6) is 0.151. The molecule has 0 aliphatic heterocycles. The number of hydrogen-bond acceptors (Lipinski definition) is 2. The fourth-order valence-electron chi connectivity index (χ4n) is 2.29. The Morgan fingerprint density at radius 3 is 2.61 bits per heavy atom. The molecule has 23 heavy (non-hydrogen) atoms. The van der Waals surface area contributed by atoms with E-state index < -0.39 is 0 Å². The normalized spacial score (nSPS) is 10.6. The van der Waals surface area contributed by atoms with Crippen LogP contribution in [0.15, 0.2) is 60.7 Å². The first-order chi connectivity index (χ1) is 11.1. The van der Waals surface area contributed by atoms with Gasteiger partial charge in [0.1, 0.15) is 29.0 Å². The van der Waals surface area contributed by atoms with E-state index in [1.165, 1.54) is 6.07 Å². The zero-order valence-corrected chi connectivity index (χ0v) is 13.3. The molecule has 0 spiro atoms. The van der Waals surface area contributed by atoms with Crippen LogP contribution in [-0.4, -0.2) is 4.98 Å². The van der Waals surface area contributed by atoms with Gasteiger partial charge >= 0.3 is 0 Å². The van der Waals surface area contributed by atoms with E-state index in [4.69, 9.17) is 16.3 Å². The zero-order chi connectivity index (χ0) is 16.2. The van der Waals surface area contributed by atoms with E-state index in [9.17, 15) is 4.39 Å². The third kappa shape index (κ3) is 3.69. The predicted octanol–water partition coefficient (Wildman–Crippen LogP) is 5.43. The number of aryl methyl sites for hydroxylation is 1. The van der Waals surface area contributed by atoms with Crippen molar-refractivity contribution in [3.8, 4) is 17.0 Å². The van der Waals surface area contributed by atoms with Crippen LogP contribution in [0, 0.1) is 12.7 Å². The lowest BCUT2D eigenvalue weighted by Crippen LogP contribution is -1.99. The van der Waals surface area contributed by atoms with E-state index in [2.05, 4.69) is 4.98 Å². The Balaban J connectivity index is 1.96.